The van der Waals surface area contributed by atoms with Gasteiger partial charge in [0.1, 0.15) is 0 Å². The number of carbonyl (C=O) groups is 1. The number of aryl methyl sites for hydroxylation is 1. The summed E-state index contributed by atoms with van der Waals surface area (Å²) in [5.74, 6) is 0.0268. The molecule has 1 rings (SSSR count). The molecule has 0 saturated carbocycles. The van der Waals surface area contributed by atoms with Gasteiger partial charge >= 0.3 is 0 Å². The molecule has 3 N–H and O–H groups in total. The molecule has 17 heavy (non-hydrogen) atoms. The van der Waals surface area contributed by atoms with Gasteiger partial charge in [-0.1, -0.05) is 38.1 Å². The van der Waals surface area contributed by atoms with Crippen molar-refractivity contribution in [3.8, 4) is 0 Å². The molecule has 94 valence electrons. The second-order valence-electron chi connectivity index (χ2n) is 4.32. The highest BCUT2D eigenvalue weighted by molar-refractivity contribution is 5.76. The molecule has 1 atom stereocenters. The summed E-state index contributed by atoms with van der Waals surface area (Å²) in [6, 6.07) is 8.27. The summed E-state index contributed by atoms with van der Waals surface area (Å²) in [6.45, 7) is 4.70. The molecule has 0 aliphatic heterocycles. The Kier molecular flexibility index (Phi) is 5.70. The number of benzene rings is 1. The van der Waals surface area contributed by atoms with Crippen molar-refractivity contribution in [3.05, 3.63) is 35.4 Å². The minimum absolute atomic E-state index is 0.0268. The quantitative estimate of drug-likeness (QED) is 0.791. The van der Waals surface area contributed by atoms with Crippen molar-refractivity contribution in [1.82, 2.24) is 5.32 Å². The van der Waals surface area contributed by atoms with E-state index in [0.717, 1.165) is 18.4 Å². The lowest BCUT2D eigenvalue weighted by molar-refractivity contribution is -0.121. The largest absolute Gasteiger partial charge is 0.352 e. The minimum atomic E-state index is -0.0301. The summed E-state index contributed by atoms with van der Waals surface area (Å²) in [4.78, 5) is 11.5. The summed E-state index contributed by atoms with van der Waals surface area (Å²) >= 11 is 0. The molecule has 0 aliphatic carbocycles. The molecule has 0 bridgehead atoms. The van der Waals surface area contributed by atoms with Crippen molar-refractivity contribution in [1.29, 1.82) is 0 Å². The number of nitrogens with two attached hydrogens (primary N) is 1. The lowest BCUT2D eigenvalue weighted by atomic mass is 10.1. The van der Waals surface area contributed by atoms with E-state index in [1.807, 2.05) is 6.92 Å². The third-order valence-electron chi connectivity index (χ3n) is 2.89. The topological polar surface area (TPSA) is 55.1 Å². The molecule has 1 unspecified atom stereocenters. The number of carbonyl (C=O) groups excluding carboxylic acids is 1. The summed E-state index contributed by atoms with van der Waals surface area (Å²) in [6.07, 6.45) is 2.28. The van der Waals surface area contributed by atoms with Crippen LogP contribution in [0.2, 0.25) is 0 Å². The summed E-state index contributed by atoms with van der Waals surface area (Å²) < 4.78 is 0. The van der Waals surface area contributed by atoms with Gasteiger partial charge in [-0.25, -0.2) is 0 Å². The Balaban J connectivity index is 2.36. The molecule has 1 amide bonds. The number of rotatable bonds is 6. The minimum Gasteiger partial charge on any atom is -0.352 e. The van der Waals surface area contributed by atoms with Crippen LogP contribution in [0.1, 0.15) is 37.8 Å². The van der Waals surface area contributed by atoms with Crippen molar-refractivity contribution >= 4 is 5.91 Å². The molecular weight excluding hydrogens is 212 g/mol. The summed E-state index contributed by atoms with van der Waals surface area (Å²) in [5.41, 5.74) is 8.16. The monoisotopic (exact) mass is 234 g/mol. The number of nitrogens with one attached hydrogen (secondary N) is 1. The molecule has 0 saturated heterocycles. The van der Waals surface area contributed by atoms with E-state index in [1.165, 1.54) is 5.56 Å². The van der Waals surface area contributed by atoms with Crippen LogP contribution in [0.5, 0.6) is 0 Å². The van der Waals surface area contributed by atoms with E-state index in [1.54, 1.807) is 0 Å². The van der Waals surface area contributed by atoms with Crippen LogP contribution in [0.3, 0.4) is 0 Å². The van der Waals surface area contributed by atoms with E-state index < -0.39 is 0 Å². The molecule has 0 aliphatic rings. The van der Waals surface area contributed by atoms with Crippen LogP contribution in [0.4, 0.5) is 0 Å². The van der Waals surface area contributed by atoms with Gasteiger partial charge in [0.2, 0.25) is 5.91 Å². The third kappa shape index (κ3) is 5.00. The second kappa shape index (κ2) is 7.07. The molecule has 1 aromatic carbocycles. The normalized spacial score (nSPS) is 12.2. The predicted octanol–water partition coefficient (Wildman–Crippen LogP) is 1.99. The fourth-order valence-corrected chi connectivity index (χ4v) is 1.55. The van der Waals surface area contributed by atoms with Gasteiger partial charge < -0.3 is 11.1 Å². The Hall–Kier alpha value is -1.35. The van der Waals surface area contributed by atoms with Gasteiger partial charge in [-0.05, 0) is 24.0 Å². The highest BCUT2D eigenvalue weighted by Gasteiger charge is 2.06. The summed E-state index contributed by atoms with van der Waals surface area (Å²) in [5, 5.41) is 2.88. The average Bonchev–Trinajstić information content (AvgIpc) is 2.36. The first-order chi connectivity index (χ1) is 8.15. The van der Waals surface area contributed by atoms with Gasteiger partial charge in [-0.3, -0.25) is 4.79 Å². The van der Waals surface area contributed by atoms with Crippen molar-refractivity contribution in [3.63, 3.8) is 0 Å². The van der Waals surface area contributed by atoms with Crippen molar-refractivity contribution in [2.24, 2.45) is 5.73 Å². The first-order valence-corrected chi connectivity index (χ1v) is 6.25. The first kappa shape index (κ1) is 13.7. The highest BCUT2D eigenvalue weighted by atomic mass is 16.1. The van der Waals surface area contributed by atoms with E-state index in [-0.39, 0.29) is 11.9 Å². The second-order valence-corrected chi connectivity index (χ2v) is 4.32. The Bertz CT molecular complexity index is 346. The highest BCUT2D eigenvalue weighted by Crippen LogP contribution is 2.05. The van der Waals surface area contributed by atoms with Gasteiger partial charge in [0, 0.05) is 19.0 Å². The van der Waals surface area contributed by atoms with E-state index in [4.69, 9.17) is 5.73 Å². The maximum atomic E-state index is 11.5. The van der Waals surface area contributed by atoms with Crippen LogP contribution >= 0.6 is 0 Å². The lowest BCUT2D eigenvalue weighted by Crippen LogP contribution is -2.30. The van der Waals surface area contributed by atoms with Crippen molar-refractivity contribution in [2.45, 2.75) is 45.7 Å². The van der Waals surface area contributed by atoms with Crippen LogP contribution in [0.25, 0.3) is 0 Å². The number of hydrogen-bond donors (Lipinski definition) is 2. The molecule has 0 spiro atoms. The van der Waals surface area contributed by atoms with E-state index in [9.17, 15) is 4.79 Å². The lowest BCUT2D eigenvalue weighted by Gasteiger charge is -2.09. The smallest absolute Gasteiger partial charge is 0.221 e. The predicted molar refractivity (Wildman–Crippen MR) is 70.6 cm³/mol. The average molecular weight is 234 g/mol. The van der Waals surface area contributed by atoms with Gasteiger partial charge in [-0.15, -0.1) is 0 Å². The van der Waals surface area contributed by atoms with E-state index in [0.29, 0.717) is 13.0 Å². The van der Waals surface area contributed by atoms with Gasteiger partial charge in [0.25, 0.3) is 0 Å². The Labute approximate surface area is 103 Å². The number of amides is 1. The number of hydrogen-bond acceptors (Lipinski definition) is 2. The Morgan fingerprint density at radius 2 is 1.82 bits per heavy atom. The maximum absolute atomic E-state index is 11.5. The maximum Gasteiger partial charge on any atom is 0.221 e. The van der Waals surface area contributed by atoms with Gasteiger partial charge in [0.15, 0.2) is 0 Å². The molecule has 0 heterocycles. The molecule has 3 heteroatoms. The molecule has 0 fully saturated rings. The van der Waals surface area contributed by atoms with Crippen LogP contribution < -0.4 is 11.1 Å². The van der Waals surface area contributed by atoms with Crippen LogP contribution in [0.15, 0.2) is 24.3 Å². The van der Waals surface area contributed by atoms with Crippen molar-refractivity contribution < 1.29 is 4.79 Å². The SMILES string of the molecule is CCc1ccc(CNC(=O)CC(N)CC)cc1. The summed E-state index contributed by atoms with van der Waals surface area (Å²) in [7, 11) is 0. The Morgan fingerprint density at radius 1 is 1.24 bits per heavy atom. The zero-order valence-corrected chi connectivity index (χ0v) is 10.7. The standard InChI is InChI=1S/C14H22N2O/c1-3-11-5-7-12(8-6-11)10-16-14(17)9-13(15)4-2/h5-8,13H,3-4,9-10,15H2,1-2H3,(H,16,17). The molecular formula is C14H22N2O. The van der Waals surface area contributed by atoms with Gasteiger partial charge in [-0.2, -0.15) is 0 Å². The van der Waals surface area contributed by atoms with Crippen LogP contribution in [0, 0.1) is 0 Å². The molecule has 0 radical (unpaired) electrons. The molecule has 0 aromatic heterocycles. The zero-order valence-electron chi connectivity index (χ0n) is 10.7. The van der Waals surface area contributed by atoms with Gasteiger partial charge in [0.05, 0.1) is 0 Å². The van der Waals surface area contributed by atoms with E-state index in [2.05, 4.69) is 36.5 Å². The van der Waals surface area contributed by atoms with E-state index >= 15 is 0 Å². The fourth-order valence-electron chi connectivity index (χ4n) is 1.55. The van der Waals surface area contributed by atoms with Crippen LogP contribution in [-0.2, 0) is 17.8 Å². The third-order valence-corrected chi connectivity index (χ3v) is 2.89. The molecule has 3 nitrogen and oxygen atoms in total. The zero-order chi connectivity index (χ0) is 12.7. The first-order valence-electron chi connectivity index (χ1n) is 6.25. The Morgan fingerprint density at radius 3 is 2.35 bits per heavy atom. The van der Waals surface area contributed by atoms with Crippen LogP contribution in [-0.4, -0.2) is 11.9 Å². The fraction of sp³-hybridized carbons (Fsp3) is 0.500. The molecule has 1 aromatic rings. The van der Waals surface area contributed by atoms with Crippen molar-refractivity contribution in [2.75, 3.05) is 0 Å².